The largest absolute Gasteiger partial charge is 0.378 e. The third-order valence-corrected chi connectivity index (χ3v) is 4.68. The fourth-order valence-corrected chi connectivity index (χ4v) is 3.21. The molecule has 0 N–H and O–H groups in total. The molecule has 1 aromatic heterocycles. The van der Waals surface area contributed by atoms with Gasteiger partial charge in [-0.25, -0.2) is 13.4 Å². The molecule has 2 heterocycles. The number of ether oxygens (including phenoxy) is 1. The van der Waals surface area contributed by atoms with Gasteiger partial charge >= 0.3 is 0 Å². The monoisotopic (exact) mass is 320 g/mol. The van der Waals surface area contributed by atoms with Crippen molar-refractivity contribution < 1.29 is 13.2 Å². The second kappa shape index (κ2) is 6.91. The van der Waals surface area contributed by atoms with Crippen molar-refractivity contribution in [3.63, 3.8) is 0 Å². The lowest BCUT2D eigenvalue weighted by molar-refractivity contribution is 0.101. The van der Waals surface area contributed by atoms with Crippen molar-refractivity contribution in [2.75, 3.05) is 6.61 Å². The number of nitrogens with zero attached hydrogens (tertiary/aromatic N) is 2. The summed E-state index contributed by atoms with van der Waals surface area (Å²) in [6, 6.07) is 0. The Labute approximate surface area is 124 Å². The van der Waals surface area contributed by atoms with Gasteiger partial charge < -0.3 is 9.30 Å². The van der Waals surface area contributed by atoms with Gasteiger partial charge in [-0.1, -0.05) is 6.92 Å². The van der Waals surface area contributed by atoms with E-state index in [1.54, 1.807) is 6.20 Å². The van der Waals surface area contributed by atoms with E-state index < -0.39 is 9.05 Å². The molecule has 0 aliphatic carbocycles. The summed E-state index contributed by atoms with van der Waals surface area (Å²) in [6.45, 7) is 3.67. The molecule has 1 atom stereocenters. The first-order valence-corrected chi connectivity index (χ1v) is 9.44. The van der Waals surface area contributed by atoms with Gasteiger partial charge in [-0.15, -0.1) is 0 Å². The highest BCUT2D eigenvalue weighted by Gasteiger charge is 2.18. The van der Waals surface area contributed by atoms with Crippen molar-refractivity contribution in [2.45, 2.75) is 63.1 Å². The van der Waals surface area contributed by atoms with Crippen molar-refractivity contribution in [3.8, 4) is 0 Å². The fourth-order valence-electron chi connectivity index (χ4n) is 2.52. The maximum Gasteiger partial charge on any atom is 0.280 e. The molecule has 1 aliphatic heterocycles. The summed E-state index contributed by atoms with van der Waals surface area (Å²) in [5.41, 5.74) is 0. The molecular weight excluding hydrogens is 300 g/mol. The van der Waals surface area contributed by atoms with Gasteiger partial charge in [0.2, 0.25) is 0 Å². The molecule has 7 heteroatoms. The number of hydrogen-bond acceptors (Lipinski definition) is 4. The maximum atomic E-state index is 11.4. The first-order chi connectivity index (χ1) is 9.50. The third kappa shape index (κ3) is 4.20. The molecule has 114 valence electrons. The van der Waals surface area contributed by atoms with Gasteiger partial charge in [-0.05, 0) is 32.1 Å². The lowest BCUT2D eigenvalue weighted by atomic mass is 10.1. The number of rotatable bonds is 7. The van der Waals surface area contributed by atoms with E-state index in [-0.39, 0.29) is 5.03 Å². The van der Waals surface area contributed by atoms with Crippen LogP contribution in [0.3, 0.4) is 0 Å². The number of hydrogen-bond donors (Lipinski definition) is 0. The van der Waals surface area contributed by atoms with Gasteiger partial charge in [0.1, 0.15) is 5.82 Å². The first kappa shape index (κ1) is 15.8. The van der Waals surface area contributed by atoms with Gasteiger partial charge in [-0.3, -0.25) is 0 Å². The summed E-state index contributed by atoms with van der Waals surface area (Å²) in [5.74, 6) is 0.791. The Bertz CT molecular complexity index is 536. The number of halogens is 1. The second-order valence-electron chi connectivity index (χ2n) is 5.15. The first-order valence-electron chi connectivity index (χ1n) is 7.13. The molecule has 0 radical (unpaired) electrons. The second-order valence-corrected chi connectivity index (χ2v) is 7.67. The van der Waals surface area contributed by atoms with Crippen LogP contribution < -0.4 is 0 Å². The highest BCUT2D eigenvalue weighted by Crippen LogP contribution is 2.19. The van der Waals surface area contributed by atoms with E-state index in [0.717, 1.165) is 57.5 Å². The average molecular weight is 321 g/mol. The van der Waals surface area contributed by atoms with E-state index in [1.807, 2.05) is 11.5 Å². The summed E-state index contributed by atoms with van der Waals surface area (Å²) in [7, 11) is 1.61. The Morgan fingerprint density at radius 3 is 2.95 bits per heavy atom. The number of aryl methyl sites for hydroxylation is 2. The van der Waals surface area contributed by atoms with Gasteiger partial charge in [0.05, 0.1) is 6.10 Å². The lowest BCUT2D eigenvalue weighted by Crippen LogP contribution is -2.08. The molecular formula is C13H21ClN2O3S. The molecule has 0 bridgehead atoms. The summed E-state index contributed by atoms with van der Waals surface area (Å²) < 4.78 is 30.2. The van der Waals surface area contributed by atoms with E-state index >= 15 is 0 Å². The highest BCUT2D eigenvalue weighted by molar-refractivity contribution is 8.13. The van der Waals surface area contributed by atoms with E-state index in [1.165, 1.54) is 0 Å². The molecule has 5 nitrogen and oxygen atoms in total. The van der Waals surface area contributed by atoms with Crippen molar-refractivity contribution >= 4 is 19.7 Å². The van der Waals surface area contributed by atoms with Gasteiger partial charge in [-0.2, -0.15) is 0 Å². The van der Waals surface area contributed by atoms with Gasteiger partial charge in [0, 0.05) is 36.5 Å². The van der Waals surface area contributed by atoms with Crippen molar-refractivity contribution in [2.24, 2.45) is 0 Å². The SMILES string of the molecule is CCCc1nc(S(=O)(=O)Cl)cn1CCCC1CCCO1. The topological polar surface area (TPSA) is 61.2 Å². The molecule has 1 unspecified atom stereocenters. The Kier molecular flexibility index (Phi) is 5.46. The Morgan fingerprint density at radius 2 is 2.35 bits per heavy atom. The van der Waals surface area contributed by atoms with E-state index in [2.05, 4.69) is 4.98 Å². The highest BCUT2D eigenvalue weighted by atomic mass is 35.7. The summed E-state index contributed by atoms with van der Waals surface area (Å²) in [6.07, 6.45) is 7.83. The number of aromatic nitrogens is 2. The normalized spacial score (nSPS) is 19.6. The summed E-state index contributed by atoms with van der Waals surface area (Å²) in [5, 5.41) is -0.0419. The van der Waals surface area contributed by atoms with E-state index in [9.17, 15) is 8.42 Å². The zero-order valence-corrected chi connectivity index (χ0v) is 13.3. The van der Waals surface area contributed by atoms with Gasteiger partial charge in [0.15, 0.2) is 5.03 Å². The molecule has 1 aromatic rings. The van der Waals surface area contributed by atoms with Crippen LogP contribution in [0.5, 0.6) is 0 Å². The molecule has 1 saturated heterocycles. The summed E-state index contributed by atoms with van der Waals surface area (Å²) >= 11 is 0. The van der Waals surface area contributed by atoms with Crippen molar-refractivity contribution in [3.05, 3.63) is 12.0 Å². The molecule has 1 aliphatic rings. The summed E-state index contributed by atoms with van der Waals surface area (Å²) in [4.78, 5) is 4.13. The van der Waals surface area contributed by atoms with Crippen LogP contribution in [0.25, 0.3) is 0 Å². The molecule has 0 saturated carbocycles. The zero-order chi connectivity index (χ0) is 14.6. The van der Waals surface area contributed by atoms with Crippen LogP contribution in [0.1, 0.15) is 44.9 Å². The minimum atomic E-state index is -3.75. The van der Waals surface area contributed by atoms with Crippen molar-refractivity contribution in [1.82, 2.24) is 9.55 Å². The molecule has 0 spiro atoms. The fraction of sp³-hybridized carbons (Fsp3) is 0.769. The quantitative estimate of drug-likeness (QED) is 0.725. The van der Waals surface area contributed by atoms with Crippen LogP contribution in [0.4, 0.5) is 0 Å². The Hall–Kier alpha value is -0.590. The smallest absolute Gasteiger partial charge is 0.280 e. The van der Waals surface area contributed by atoms with Crippen LogP contribution >= 0.6 is 10.7 Å². The van der Waals surface area contributed by atoms with E-state index in [4.69, 9.17) is 15.4 Å². The van der Waals surface area contributed by atoms with Crippen molar-refractivity contribution in [1.29, 1.82) is 0 Å². The zero-order valence-electron chi connectivity index (χ0n) is 11.7. The van der Waals surface area contributed by atoms with Crippen LogP contribution in [0.15, 0.2) is 11.2 Å². The van der Waals surface area contributed by atoms with Crippen LogP contribution in [0.2, 0.25) is 0 Å². The molecule has 2 rings (SSSR count). The predicted octanol–water partition coefficient (Wildman–Crippen LogP) is 2.72. The average Bonchev–Trinajstić information content (AvgIpc) is 2.99. The minimum absolute atomic E-state index is 0.0419. The van der Waals surface area contributed by atoms with Crippen LogP contribution in [0, 0.1) is 0 Å². The van der Waals surface area contributed by atoms with Crippen LogP contribution in [-0.2, 0) is 26.8 Å². The number of imidazole rings is 1. The van der Waals surface area contributed by atoms with E-state index in [0.29, 0.717) is 6.10 Å². The molecule has 0 aromatic carbocycles. The van der Waals surface area contributed by atoms with Gasteiger partial charge in [0.25, 0.3) is 9.05 Å². The standard InChI is InChI=1S/C13H21ClN2O3S/c1-2-5-12-15-13(20(14,17)18)10-16(12)8-3-6-11-7-4-9-19-11/h10-11H,2-9H2,1H3. The lowest BCUT2D eigenvalue weighted by Gasteiger charge is -2.10. The van der Waals surface area contributed by atoms with Crippen LogP contribution in [-0.4, -0.2) is 30.7 Å². The maximum absolute atomic E-state index is 11.4. The predicted molar refractivity (Wildman–Crippen MR) is 77.5 cm³/mol. The third-order valence-electron chi connectivity index (χ3n) is 3.51. The molecule has 1 fully saturated rings. The molecule has 20 heavy (non-hydrogen) atoms. The molecule has 0 amide bonds. The Morgan fingerprint density at radius 1 is 1.55 bits per heavy atom. The minimum Gasteiger partial charge on any atom is -0.378 e. The Balaban J connectivity index is 1.99.